The third-order valence-corrected chi connectivity index (χ3v) is 5.08. The van der Waals surface area contributed by atoms with Crippen molar-refractivity contribution < 1.29 is 14.3 Å². The van der Waals surface area contributed by atoms with E-state index in [9.17, 15) is 4.79 Å². The first kappa shape index (κ1) is 19.7. The molecule has 0 spiro atoms. The number of pyridine rings is 1. The van der Waals surface area contributed by atoms with Gasteiger partial charge in [0, 0.05) is 23.6 Å². The van der Waals surface area contributed by atoms with Crippen LogP contribution >= 0.6 is 11.8 Å². The maximum Gasteiger partial charge on any atom is 0.321 e. The van der Waals surface area contributed by atoms with Crippen LogP contribution < -0.4 is 9.47 Å². The Balaban J connectivity index is 1.57. The van der Waals surface area contributed by atoms with Crippen molar-refractivity contribution in [3.8, 4) is 28.6 Å². The van der Waals surface area contributed by atoms with Crippen LogP contribution in [0.15, 0.2) is 84.3 Å². The number of para-hydroxylation sites is 3. The second kappa shape index (κ2) is 9.23. The van der Waals surface area contributed by atoms with Crippen molar-refractivity contribution in [1.29, 1.82) is 0 Å². The van der Waals surface area contributed by atoms with Gasteiger partial charge in [-0.3, -0.25) is 14.3 Å². The van der Waals surface area contributed by atoms with Gasteiger partial charge in [0.15, 0.2) is 22.5 Å². The van der Waals surface area contributed by atoms with E-state index in [2.05, 4.69) is 15.2 Å². The highest BCUT2D eigenvalue weighted by atomic mass is 32.2. The minimum atomic E-state index is -0.407. The maximum absolute atomic E-state index is 12.4. The Hall–Kier alpha value is -3.65. The van der Waals surface area contributed by atoms with Crippen molar-refractivity contribution in [1.82, 2.24) is 19.7 Å². The SMILES string of the molecule is COc1ccccc1OC(=O)CSc1nnc(-c2cccnc2)n1-c1ccccc1. The first-order valence-corrected chi connectivity index (χ1v) is 10.1. The number of aromatic nitrogens is 4. The van der Waals surface area contributed by atoms with E-state index in [1.165, 1.54) is 18.9 Å². The van der Waals surface area contributed by atoms with E-state index in [0.29, 0.717) is 22.5 Å². The molecule has 0 bridgehead atoms. The van der Waals surface area contributed by atoms with E-state index in [-0.39, 0.29) is 5.75 Å². The van der Waals surface area contributed by atoms with E-state index in [4.69, 9.17) is 9.47 Å². The number of hydrogen-bond donors (Lipinski definition) is 0. The van der Waals surface area contributed by atoms with Gasteiger partial charge in [0.2, 0.25) is 0 Å². The molecule has 0 aliphatic heterocycles. The number of rotatable bonds is 7. The lowest BCUT2D eigenvalue weighted by molar-refractivity contribution is -0.131. The first-order valence-electron chi connectivity index (χ1n) is 9.14. The summed E-state index contributed by atoms with van der Waals surface area (Å²) in [5.41, 5.74) is 1.72. The molecule has 150 valence electrons. The summed E-state index contributed by atoms with van der Waals surface area (Å²) in [5.74, 6) is 1.19. The van der Waals surface area contributed by atoms with E-state index in [1.807, 2.05) is 53.1 Å². The van der Waals surface area contributed by atoms with Crippen molar-refractivity contribution in [3.05, 3.63) is 79.1 Å². The summed E-state index contributed by atoms with van der Waals surface area (Å²) in [4.78, 5) is 16.6. The molecule has 2 aromatic heterocycles. The fourth-order valence-electron chi connectivity index (χ4n) is 2.83. The van der Waals surface area contributed by atoms with Gasteiger partial charge in [-0.1, -0.05) is 42.1 Å². The summed E-state index contributed by atoms with van der Waals surface area (Å²) in [6.45, 7) is 0. The molecule has 2 heterocycles. The monoisotopic (exact) mass is 418 g/mol. The average Bonchev–Trinajstić information content (AvgIpc) is 3.23. The maximum atomic E-state index is 12.4. The van der Waals surface area contributed by atoms with Gasteiger partial charge < -0.3 is 9.47 Å². The summed E-state index contributed by atoms with van der Waals surface area (Å²) < 4.78 is 12.6. The Kier molecular flexibility index (Phi) is 6.05. The van der Waals surface area contributed by atoms with Crippen molar-refractivity contribution in [3.63, 3.8) is 0 Å². The lowest BCUT2D eigenvalue weighted by atomic mass is 10.2. The number of esters is 1. The summed E-state index contributed by atoms with van der Waals surface area (Å²) in [6, 6.07) is 20.5. The van der Waals surface area contributed by atoms with Crippen LogP contribution in [-0.2, 0) is 4.79 Å². The van der Waals surface area contributed by atoms with E-state index in [0.717, 1.165) is 11.3 Å². The fraction of sp³-hybridized carbons (Fsp3) is 0.0909. The number of benzene rings is 2. The molecule has 0 atom stereocenters. The first-order chi connectivity index (χ1) is 14.8. The van der Waals surface area contributed by atoms with Gasteiger partial charge in [-0.05, 0) is 36.4 Å². The molecule has 0 amide bonds. The molecule has 4 rings (SSSR count). The molecule has 0 N–H and O–H groups in total. The highest BCUT2D eigenvalue weighted by Crippen LogP contribution is 2.29. The normalized spacial score (nSPS) is 10.6. The number of ether oxygens (including phenoxy) is 2. The van der Waals surface area contributed by atoms with Crippen LogP contribution in [0.4, 0.5) is 0 Å². The molecule has 0 unspecified atom stereocenters. The van der Waals surface area contributed by atoms with Gasteiger partial charge in [0.05, 0.1) is 12.9 Å². The molecule has 0 saturated heterocycles. The molecule has 0 aliphatic rings. The third kappa shape index (κ3) is 4.33. The average molecular weight is 418 g/mol. The number of methoxy groups -OCH3 is 1. The third-order valence-electron chi connectivity index (χ3n) is 4.18. The van der Waals surface area contributed by atoms with E-state index >= 15 is 0 Å². The molecule has 0 saturated carbocycles. The Labute approximate surface area is 177 Å². The molecule has 0 radical (unpaired) electrons. The number of carbonyl (C=O) groups is 1. The van der Waals surface area contributed by atoms with Gasteiger partial charge >= 0.3 is 5.97 Å². The Morgan fingerprint density at radius 1 is 0.967 bits per heavy atom. The van der Waals surface area contributed by atoms with Crippen LogP contribution in [0, 0.1) is 0 Å². The minimum Gasteiger partial charge on any atom is -0.493 e. The predicted octanol–water partition coefficient (Wildman–Crippen LogP) is 4.04. The summed E-state index contributed by atoms with van der Waals surface area (Å²) in [7, 11) is 1.53. The fourth-order valence-corrected chi connectivity index (χ4v) is 3.56. The van der Waals surface area contributed by atoms with Crippen molar-refractivity contribution in [2.75, 3.05) is 12.9 Å². The Morgan fingerprint density at radius 2 is 1.73 bits per heavy atom. The number of hydrogen-bond acceptors (Lipinski definition) is 7. The quantitative estimate of drug-likeness (QED) is 0.255. The number of nitrogens with zero attached hydrogens (tertiary/aromatic N) is 4. The highest BCUT2D eigenvalue weighted by Gasteiger charge is 2.18. The van der Waals surface area contributed by atoms with Crippen LogP contribution in [0.25, 0.3) is 17.1 Å². The minimum absolute atomic E-state index is 0.0655. The van der Waals surface area contributed by atoms with Gasteiger partial charge in [0.1, 0.15) is 0 Å². The van der Waals surface area contributed by atoms with Crippen LogP contribution in [0.5, 0.6) is 11.5 Å². The lowest BCUT2D eigenvalue weighted by Gasteiger charge is -2.11. The predicted molar refractivity (Wildman–Crippen MR) is 114 cm³/mol. The second-order valence-electron chi connectivity index (χ2n) is 6.13. The lowest BCUT2D eigenvalue weighted by Crippen LogP contribution is -2.12. The highest BCUT2D eigenvalue weighted by molar-refractivity contribution is 7.99. The van der Waals surface area contributed by atoms with Crippen LogP contribution in [-0.4, -0.2) is 38.6 Å². The molecule has 30 heavy (non-hydrogen) atoms. The molecule has 0 aliphatic carbocycles. The van der Waals surface area contributed by atoms with Gasteiger partial charge in [-0.15, -0.1) is 10.2 Å². The summed E-state index contributed by atoms with van der Waals surface area (Å²) in [6.07, 6.45) is 3.43. The second-order valence-corrected chi connectivity index (χ2v) is 7.07. The van der Waals surface area contributed by atoms with Crippen molar-refractivity contribution >= 4 is 17.7 Å². The largest absolute Gasteiger partial charge is 0.493 e. The van der Waals surface area contributed by atoms with Crippen molar-refractivity contribution in [2.24, 2.45) is 0 Å². The van der Waals surface area contributed by atoms with Gasteiger partial charge in [-0.2, -0.15) is 0 Å². The zero-order chi connectivity index (χ0) is 20.8. The van der Waals surface area contributed by atoms with Gasteiger partial charge in [-0.25, -0.2) is 0 Å². The molecule has 8 heteroatoms. The molecule has 4 aromatic rings. The zero-order valence-corrected chi connectivity index (χ0v) is 17.0. The zero-order valence-electron chi connectivity index (χ0n) is 16.1. The number of carbonyl (C=O) groups excluding carboxylic acids is 1. The van der Waals surface area contributed by atoms with Gasteiger partial charge in [0.25, 0.3) is 0 Å². The molecular weight excluding hydrogens is 400 g/mol. The van der Waals surface area contributed by atoms with Crippen LogP contribution in [0.1, 0.15) is 0 Å². The van der Waals surface area contributed by atoms with Crippen molar-refractivity contribution in [2.45, 2.75) is 5.16 Å². The molecule has 7 nitrogen and oxygen atoms in total. The van der Waals surface area contributed by atoms with E-state index < -0.39 is 5.97 Å². The smallest absolute Gasteiger partial charge is 0.321 e. The van der Waals surface area contributed by atoms with Crippen LogP contribution in [0.3, 0.4) is 0 Å². The standard InChI is InChI=1S/C22H18N4O3S/c1-28-18-11-5-6-12-19(18)29-20(27)15-30-22-25-24-21(16-8-7-13-23-14-16)26(22)17-9-3-2-4-10-17/h2-14H,15H2,1H3. The van der Waals surface area contributed by atoms with Crippen LogP contribution in [0.2, 0.25) is 0 Å². The summed E-state index contributed by atoms with van der Waals surface area (Å²) >= 11 is 1.25. The number of thioether (sulfide) groups is 1. The molecule has 2 aromatic carbocycles. The Bertz CT molecular complexity index is 1130. The topological polar surface area (TPSA) is 79.1 Å². The summed E-state index contributed by atoms with van der Waals surface area (Å²) in [5, 5.41) is 9.21. The Morgan fingerprint density at radius 3 is 2.47 bits per heavy atom. The van der Waals surface area contributed by atoms with E-state index in [1.54, 1.807) is 30.6 Å². The molecular formula is C22H18N4O3S. The molecule has 0 fully saturated rings.